The zero-order valence-electron chi connectivity index (χ0n) is 10.5. The maximum atomic E-state index is 12.9. The lowest BCUT2D eigenvalue weighted by molar-refractivity contribution is -0.138. The Kier molecular flexibility index (Phi) is 3.97. The molecule has 1 aliphatic rings. The van der Waals surface area contributed by atoms with Crippen molar-refractivity contribution in [2.45, 2.75) is 12.8 Å². The first kappa shape index (κ1) is 15.1. The first-order valence-corrected chi connectivity index (χ1v) is 7.81. The second-order valence-corrected chi connectivity index (χ2v) is 6.94. The minimum absolute atomic E-state index is 0.0594. The van der Waals surface area contributed by atoms with E-state index in [2.05, 4.69) is 0 Å². The van der Waals surface area contributed by atoms with Crippen LogP contribution in [0, 0.1) is 0 Å². The van der Waals surface area contributed by atoms with Crippen molar-refractivity contribution in [3.8, 4) is 0 Å². The summed E-state index contributed by atoms with van der Waals surface area (Å²) in [5.41, 5.74) is -0.749. The number of alkyl halides is 3. The fourth-order valence-corrected chi connectivity index (χ4v) is 3.33. The molecule has 1 aromatic rings. The van der Waals surface area contributed by atoms with Gasteiger partial charge < -0.3 is 10.0 Å². The van der Waals surface area contributed by atoms with Gasteiger partial charge in [0, 0.05) is 18.8 Å². The van der Waals surface area contributed by atoms with E-state index in [-0.39, 0.29) is 30.2 Å². The minimum Gasteiger partial charge on any atom is -0.392 e. The van der Waals surface area contributed by atoms with E-state index >= 15 is 0 Å². The van der Waals surface area contributed by atoms with Gasteiger partial charge in [-0.05, 0) is 17.7 Å². The summed E-state index contributed by atoms with van der Waals surface area (Å²) in [5.74, 6) is -0.119. The monoisotopic (exact) mass is 309 g/mol. The van der Waals surface area contributed by atoms with Crippen LogP contribution in [0.5, 0.6) is 0 Å². The highest BCUT2D eigenvalue weighted by atomic mass is 32.2. The number of rotatable bonds is 2. The number of halogens is 3. The van der Waals surface area contributed by atoms with E-state index < -0.39 is 28.2 Å². The first-order valence-electron chi connectivity index (χ1n) is 5.99. The third-order valence-electron chi connectivity index (χ3n) is 3.28. The van der Waals surface area contributed by atoms with Gasteiger partial charge in [0.2, 0.25) is 0 Å². The molecule has 112 valence electrons. The second kappa shape index (κ2) is 5.25. The van der Waals surface area contributed by atoms with Crippen LogP contribution >= 0.6 is 0 Å². The quantitative estimate of drug-likeness (QED) is 0.898. The molecule has 0 radical (unpaired) electrons. The lowest BCUT2D eigenvalue weighted by Crippen LogP contribution is -2.40. The van der Waals surface area contributed by atoms with E-state index in [1.54, 1.807) is 4.90 Å². The molecule has 0 amide bonds. The highest BCUT2D eigenvalue weighted by Crippen LogP contribution is 2.35. The Morgan fingerprint density at radius 1 is 1.20 bits per heavy atom. The van der Waals surface area contributed by atoms with Crippen LogP contribution in [-0.4, -0.2) is 38.1 Å². The van der Waals surface area contributed by atoms with E-state index in [9.17, 15) is 21.6 Å². The zero-order chi connectivity index (χ0) is 15.0. The van der Waals surface area contributed by atoms with Gasteiger partial charge in [-0.3, -0.25) is 0 Å². The number of anilines is 1. The summed E-state index contributed by atoms with van der Waals surface area (Å²) in [5, 5.41) is 8.96. The molecule has 1 N–H and O–H groups in total. The lowest BCUT2D eigenvalue weighted by Gasteiger charge is -2.29. The van der Waals surface area contributed by atoms with Crippen molar-refractivity contribution in [3.05, 3.63) is 29.3 Å². The lowest BCUT2D eigenvalue weighted by atomic mass is 10.1. The number of nitrogens with zero attached hydrogens (tertiary/aromatic N) is 1. The van der Waals surface area contributed by atoms with Crippen molar-refractivity contribution in [2.24, 2.45) is 0 Å². The number of hydrogen-bond acceptors (Lipinski definition) is 4. The average molecular weight is 309 g/mol. The van der Waals surface area contributed by atoms with E-state index in [4.69, 9.17) is 5.11 Å². The Bertz CT molecular complexity index is 584. The molecule has 1 saturated heterocycles. The molecule has 1 aliphatic heterocycles. The highest BCUT2D eigenvalue weighted by molar-refractivity contribution is 7.91. The molecule has 20 heavy (non-hydrogen) atoms. The van der Waals surface area contributed by atoms with Crippen molar-refractivity contribution in [1.82, 2.24) is 0 Å². The number of aliphatic hydroxyl groups excluding tert-OH is 1. The normalized spacial score (nSPS) is 19.1. The third kappa shape index (κ3) is 3.24. The Labute approximate surface area is 114 Å². The predicted molar refractivity (Wildman–Crippen MR) is 68.2 cm³/mol. The first-order chi connectivity index (χ1) is 9.23. The van der Waals surface area contributed by atoms with Crippen molar-refractivity contribution < 1.29 is 26.7 Å². The topological polar surface area (TPSA) is 57.6 Å². The smallest absolute Gasteiger partial charge is 0.392 e. The standard InChI is InChI=1S/C12H14F3NO3S/c13-12(14,15)11-7-10(2-1-9(11)8-17)16-3-5-20(18,19)6-4-16/h1-2,7,17H,3-6,8H2. The Balaban J connectivity index is 2.30. The van der Waals surface area contributed by atoms with Crippen LogP contribution in [0.2, 0.25) is 0 Å². The molecule has 0 aromatic heterocycles. The van der Waals surface area contributed by atoms with Gasteiger partial charge in [0.05, 0.1) is 23.7 Å². The Hall–Kier alpha value is -1.28. The predicted octanol–water partition coefficient (Wildman–Crippen LogP) is 1.43. The van der Waals surface area contributed by atoms with Gasteiger partial charge in [-0.25, -0.2) is 8.42 Å². The van der Waals surface area contributed by atoms with E-state index in [1.807, 2.05) is 0 Å². The van der Waals surface area contributed by atoms with Gasteiger partial charge in [0.25, 0.3) is 0 Å². The van der Waals surface area contributed by atoms with Gasteiger partial charge in [-0.2, -0.15) is 13.2 Å². The maximum Gasteiger partial charge on any atom is 0.416 e. The number of benzene rings is 1. The Morgan fingerprint density at radius 3 is 2.30 bits per heavy atom. The summed E-state index contributed by atoms with van der Waals surface area (Å²) < 4.78 is 61.3. The number of sulfone groups is 1. The molecule has 1 aromatic carbocycles. The van der Waals surface area contributed by atoms with Crippen molar-refractivity contribution in [2.75, 3.05) is 29.5 Å². The molecule has 4 nitrogen and oxygen atoms in total. The van der Waals surface area contributed by atoms with Gasteiger partial charge in [-0.1, -0.05) is 6.07 Å². The second-order valence-electron chi connectivity index (χ2n) is 4.64. The third-order valence-corrected chi connectivity index (χ3v) is 4.89. The van der Waals surface area contributed by atoms with Crippen LogP contribution in [0.3, 0.4) is 0 Å². The van der Waals surface area contributed by atoms with Crippen LogP contribution < -0.4 is 4.90 Å². The molecular formula is C12H14F3NO3S. The average Bonchev–Trinajstić information content (AvgIpc) is 2.37. The largest absolute Gasteiger partial charge is 0.416 e. The fraction of sp³-hybridized carbons (Fsp3) is 0.500. The van der Waals surface area contributed by atoms with Crippen LogP contribution in [0.1, 0.15) is 11.1 Å². The van der Waals surface area contributed by atoms with Crippen molar-refractivity contribution >= 4 is 15.5 Å². The maximum absolute atomic E-state index is 12.9. The molecule has 1 heterocycles. The molecule has 8 heteroatoms. The van der Waals surface area contributed by atoms with Crippen LogP contribution in [0.15, 0.2) is 18.2 Å². The molecule has 0 atom stereocenters. The molecule has 0 aliphatic carbocycles. The van der Waals surface area contributed by atoms with Crippen molar-refractivity contribution in [3.63, 3.8) is 0 Å². The zero-order valence-corrected chi connectivity index (χ0v) is 11.3. The summed E-state index contributed by atoms with van der Waals surface area (Å²) >= 11 is 0. The van der Waals surface area contributed by atoms with E-state index in [1.165, 1.54) is 12.1 Å². The number of hydrogen-bond donors (Lipinski definition) is 1. The Morgan fingerprint density at radius 2 is 1.80 bits per heavy atom. The van der Waals surface area contributed by atoms with E-state index in [0.717, 1.165) is 6.07 Å². The molecule has 0 saturated carbocycles. The summed E-state index contributed by atoms with van der Waals surface area (Å²) in [6, 6.07) is 3.66. The van der Waals surface area contributed by atoms with Crippen LogP contribution in [0.25, 0.3) is 0 Å². The fourth-order valence-electron chi connectivity index (χ4n) is 2.13. The van der Waals surface area contributed by atoms with Crippen LogP contribution in [0.4, 0.5) is 18.9 Å². The summed E-state index contributed by atoms with van der Waals surface area (Å²) in [6.45, 7) is -0.334. The molecule has 0 spiro atoms. The minimum atomic E-state index is -4.55. The summed E-state index contributed by atoms with van der Waals surface area (Å²) in [7, 11) is -3.08. The molecular weight excluding hydrogens is 295 g/mol. The molecule has 1 fully saturated rings. The van der Waals surface area contributed by atoms with E-state index in [0.29, 0.717) is 5.69 Å². The highest BCUT2D eigenvalue weighted by Gasteiger charge is 2.34. The van der Waals surface area contributed by atoms with Gasteiger partial charge in [0.1, 0.15) is 0 Å². The van der Waals surface area contributed by atoms with Crippen LogP contribution in [-0.2, 0) is 22.6 Å². The van der Waals surface area contributed by atoms with Crippen molar-refractivity contribution in [1.29, 1.82) is 0 Å². The molecule has 0 bridgehead atoms. The molecule has 0 unspecified atom stereocenters. The van der Waals surface area contributed by atoms with Gasteiger partial charge in [0.15, 0.2) is 9.84 Å². The SMILES string of the molecule is O=S1(=O)CCN(c2ccc(CO)c(C(F)(F)F)c2)CC1. The summed E-state index contributed by atoms with van der Waals surface area (Å²) in [6.07, 6.45) is -4.55. The van der Waals surface area contributed by atoms with Gasteiger partial charge in [-0.15, -0.1) is 0 Å². The summed E-state index contributed by atoms with van der Waals surface area (Å²) in [4.78, 5) is 1.61. The number of aliphatic hydroxyl groups is 1. The molecule has 2 rings (SSSR count). The van der Waals surface area contributed by atoms with Gasteiger partial charge >= 0.3 is 6.18 Å².